The highest BCUT2D eigenvalue weighted by Crippen LogP contribution is 2.43. The zero-order chi connectivity index (χ0) is 18.8. The van der Waals surface area contributed by atoms with E-state index in [1.807, 2.05) is 18.2 Å². The van der Waals surface area contributed by atoms with Gasteiger partial charge in [0.2, 0.25) is 0 Å². The Morgan fingerprint density at radius 2 is 1.42 bits per heavy atom. The van der Waals surface area contributed by atoms with Crippen LogP contribution in [-0.4, -0.2) is 10.9 Å². The van der Waals surface area contributed by atoms with Gasteiger partial charge in [0.05, 0.1) is 5.69 Å². The molecular weight excluding hydrogens is 325 g/mol. The van der Waals surface area contributed by atoms with Crippen molar-refractivity contribution < 1.29 is 9.18 Å². The zero-order valence-electron chi connectivity index (χ0n) is 15.7. The fourth-order valence-corrected chi connectivity index (χ4v) is 3.67. The van der Waals surface area contributed by atoms with Crippen LogP contribution in [0.25, 0.3) is 22.3 Å². The van der Waals surface area contributed by atoms with Gasteiger partial charge in [-0.2, -0.15) is 0 Å². The topological polar surface area (TPSA) is 22.0 Å². The van der Waals surface area contributed by atoms with Gasteiger partial charge in [0.25, 0.3) is 0 Å². The van der Waals surface area contributed by atoms with Crippen molar-refractivity contribution in [2.24, 2.45) is 0 Å². The lowest BCUT2D eigenvalue weighted by atomic mass is 9.92. The minimum absolute atomic E-state index is 0.143. The smallest absolute Gasteiger partial charge is 0.167 e. The van der Waals surface area contributed by atoms with E-state index in [1.165, 1.54) is 12.1 Å². The molecule has 0 unspecified atom stereocenters. The van der Waals surface area contributed by atoms with Crippen molar-refractivity contribution >= 4 is 6.29 Å². The quantitative estimate of drug-likeness (QED) is 0.483. The van der Waals surface area contributed by atoms with E-state index >= 15 is 0 Å². The van der Waals surface area contributed by atoms with Gasteiger partial charge in [-0.15, -0.1) is 0 Å². The van der Waals surface area contributed by atoms with Crippen LogP contribution in [0.5, 0.6) is 0 Å². The van der Waals surface area contributed by atoms with Crippen molar-refractivity contribution in [3.8, 4) is 22.3 Å². The van der Waals surface area contributed by atoms with Gasteiger partial charge in [0.1, 0.15) is 5.82 Å². The molecule has 3 rings (SSSR count). The highest BCUT2D eigenvalue weighted by Gasteiger charge is 2.27. The summed E-state index contributed by atoms with van der Waals surface area (Å²) in [6.45, 7) is 8.46. The van der Waals surface area contributed by atoms with E-state index in [4.69, 9.17) is 0 Å². The summed E-state index contributed by atoms with van der Waals surface area (Å²) in [5.74, 6) is -0.0458. The Morgan fingerprint density at radius 3 is 1.92 bits per heavy atom. The van der Waals surface area contributed by atoms with Gasteiger partial charge in [-0.25, -0.2) is 4.39 Å². The number of carbonyl (C=O) groups excluding carboxylic acids is 1. The molecule has 3 aromatic rings. The zero-order valence-corrected chi connectivity index (χ0v) is 15.7. The predicted molar refractivity (Wildman–Crippen MR) is 105 cm³/mol. The second-order valence-electron chi connectivity index (χ2n) is 7.13. The van der Waals surface area contributed by atoms with E-state index in [9.17, 15) is 9.18 Å². The Hall–Kier alpha value is -2.68. The number of rotatable bonds is 5. The predicted octanol–water partition coefficient (Wildman–Crippen LogP) is 6.48. The maximum absolute atomic E-state index is 13.5. The number of aldehydes is 1. The monoisotopic (exact) mass is 349 g/mol. The molecule has 0 amide bonds. The van der Waals surface area contributed by atoms with Crippen LogP contribution in [0, 0.1) is 5.82 Å². The summed E-state index contributed by atoms with van der Waals surface area (Å²) < 4.78 is 15.6. The molecule has 0 aliphatic heterocycles. The third-order valence-electron chi connectivity index (χ3n) is 4.65. The van der Waals surface area contributed by atoms with Gasteiger partial charge in [0, 0.05) is 22.9 Å². The van der Waals surface area contributed by atoms with Crippen molar-refractivity contribution in [2.45, 2.75) is 39.7 Å². The number of halogens is 1. The van der Waals surface area contributed by atoms with Crippen LogP contribution in [0.3, 0.4) is 0 Å². The number of hydrogen-bond donors (Lipinski definition) is 0. The lowest BCUT2D eigenvalue weighted by Gasteiger charge is -2.19. The van der Waals surface area contributed by atoms with Crippen molar-refractivity contribution in [2.75, 3.05) is 0 Å². The van der Waals surface area contributed by atoms with Crippen LogP contribution in [-0.2, 0) is 0 Å². The van der Waals surface area contributed by atoms with Gasteiger partial charge in [-0.05, 0) is 43.0 Å². The average Bonchev–Trinajstić information content (AvgIpc) is 2.98. The first-order chi connectivity index (χ1) is 12.5. The number of benzene rings is 2. The van der Waals surface area contributed by atoms with Crippen molar-refractivity contribution in [3.63, 3.8) is 0 Å². The number of nitrogens with zero attached hydrogens (tertiary/aromatic N) is 1. The molecule has 134 valence electrons. The van der Waals surface area contributed by atoms with Gasteiger partial charge < -0.3 is 4.57 Å². The van der Waals surface area contributed by atoms with Gasteiger partial charge in [-0.3, -0.25) is 4.79 Å². The van der Waals surface area contributed by atoms with Crippen LogP contribution >= 0.6 is 0 Å². The summed E-state index contributed by atoms with van der Waals surface area (Å²) in [7, 11) is 0. The first-order valence-electron chi connectivity index (χ1n) is 9.00. The summed E-state index contributed by atoms with van der Waals surface area (Å²) in [6.07, 6.45) is 0.928. The molecule has 0 saturated carbocycles. The van der Waals surface area contributed by atoms with E-state index in [2.05, 4.69) is 44.4 Å². The number of hydrogen-bond acceptors (Lipinski definition) is 1. The van der Waals surface area contributed by atoms with Crippen LogP contribution in [0.2, 0.25) is 0 Å². The SMILES string of the molecule is CC(C)c1c(-c2ccccc2)c(-c2ccc(F)cc2)c(C=O)n1C(C)C. The van der Waals surface area contributed by atoms with Gasteiger partial charge in [0.15, 0.2) is 6.29 Å². The lowest BCUT2D eigenvalue weighted by molar-refractivity contribution is 0.111. The Bertz CT molecular complexity index is 906. The van der Waals surface area contributed by atoms with E-state index in [1.54, 1.807) is 12.1 Å². The number of carbonyl (C=O) groups is 1. The maximum atomic E-state index is 13.5. The van der Waals surface area contributed by atoms with E-state index in [-0.39, 0.29) is 17.8 Å². The maximum Gasteiger partial charge on any atom is 0.167 e. The average molecular weight is 349 g/mol. The molecule has 0 aliphatic rings. The normalized spacial score (nSPS) is 11.3. The molecule has 2 aromatic carbocycles. The molecule has 2 nitrogen and oxygen atoms in total. The van der Waals surface area contributed by atoms with Crippen molar-refractivity contribution in [3.05, 3.63) is 71.8 Å². The summed E-state index contributed by atoms with van der Waals surface area (Å²) in [4.78, 5) is 12.1. The first kappa shape index (κ1) is 18.1. The Morgan fingerprint density at radius 1 is 0.846 bits per heavy atom. The standard InChI is InChI=1S/C23H24FNO/c1-15(2)23-22(17-8-6-5-7-9-17)21(18-10-12-19(24)13-11-18)20(14-26)25(23)16(3)4/h5-16H,1-4H3. The molecule has 0 N–H and O–H groups in total. The minimum Gasteiger partial charge on any atom is -0.339 e. The van der Waals surface area contributed by atoms with Gasteiger partial charge >= 0.3 is 0 Å². The summed E-state index contributed by atoms with van der Waals surface area (Å²) in [5.41, 5.74) is 5.64. The van der Waals surface area contributed by atoms with Crippen molar-refractivity contribution in [1.29, 1.82) is 0 Å². The van der Waals surface area contributed by atoms with Crippen LogP contribution in [0.1, 0.15) is 55.8 Å². The van der Waals surface area contributed by atoms with E-state index in [0.29, 0.717) is 5.69 Å². The third kappa shape index (κ3) is 3.10. The number of aromatic nitrogens is 1. The lowest BCUT2D eigenvalue weighted by Crippen LogP contribution is -2.10. The first-order valence-corrected chi connectivity index (χ1v) is 9.00. The third-order valence-corrected chi connectivity index (χ3v) is 4.65. The molecule has 0 fully saturated rings. The van der Waals surface area contributed by atoms with E-state index < -0.39 is 0 Å². The molecular formula is C23H24FNO. The summed E-state index contributed by atoms with van der Waals surface area (Å²) in [6, 6.07) is 16.6. The second-order valence-corrected chi connectivity index (χ2v) is 7.13. The largest absolute Gasteiger partial charge is 0.339 e. The fourth-order valence-electron chi connectivity index (χ4n) is 3.67. The molecule has 0 bridgehead atoms. The molecule has 1 heterocycles. The second kappa shape index (κ2) is 7.28. The molecule has 26 heavy (non-hydrogen) atoms. The Kier molecular flexibility index (Phi) is 5.08. The highest BCUT2D eigenvalue weighted by molar-refractivity contribution is 5.97. The molecule has 0 saturated heterocycles. The molecule has 0 spiro atoms. The van der Waals surface area contributed by atoms with Gasteiger partial charge in [-0.1, -0.05) is 56.3 Å². The summed E-state index contributed by atoms with van der Waals surface area (Å²) in [5, 5.41) is 0. The molecule has 1 aromatic heterocycles. The fraction of sp³-hybridized carbons (Fsp3) is 0.261. The Balaban J connectivity index is 2.46. The summed E-state index contributed by atoms with van der Waals surface area (Å²) >= 11 is 0. The minimum atomic E-state index is -0.282. The molecule has 3 heteroatoms. The van der Waals surface area contributed by atoms with Crippen molar-refractivity contribution in [1.82, 2.24) is 4.57 Å². The van der Waals surface area contributed by atoms with E-state index in [0.717, 1.165) is 34.2 Å². The molecule has 0 atom stereocenters. The van der Waals surface area contributed by atoms with Crippen LogP contribution in [0.4, 0.5) is 4.39 Å². The van der Waals surface area contributed by atoms with Crippen LogP contribution < -0.4 is 0 Å². The molecule has 0 aliphatic carbocycles. The highest BCUT2D eigenvalue weighted by atomic mass is 19.1. The van der Waals surface area contributed by atoms with Crippen LogP contribution in [0.15, 0.2) is 54.6 Å². The Labute approximate surface area is 154 Å². The molecule has 0 radical (unpaired) electrons.